The molecule has 2 N–H and O–H groups in total. The average Bonchev–Trinajstić information content (AvgIpc) is 2.99. The number of anilines is 1. The Bertz CT molecular complexity index is 916. The van der Waals surface area contributed by atoms with Crippen LogP contribution in [0.4, 0.5) is 5.69 Å². The third-order valence-corrected chi connectivity index (χ3v) is 5.80. The SMILES string of the molecule is Cc1nn(C)c(C)c1CCNS(=O)(=O)c1ccc2c(c1)CC(=O)N2. The zero-order valence-corrected chi connectivity index (χ0v) is 14.7. The molecule has 1 aromatic carbocycles. The second kappa shape index (κ2) is 6.03. The van der Waals surface area contributed by atoms with Crippen LogP contribution in [0.25, 0.3) is 0 Å². The van der Waals surface area contributed by atoms with Crippen LogP contribution in [-0.2, 0) is 34.7 Å². The van der Waals surface area contributed by atoms with Gasteiger partial charge in [-0.15, -0.1) is 0 Å². The fraction of sp³-hybridized carbons (Fsp3) is 0.375. The van der Waals surface area contributed by atoms with Crippen LogP contribution in [0.2, 0.25) is 0 Å². The summed E-state index contributed by atoms with van der Waals surface area (Å²) in [6, 6.07) is 4.69. The molecule has 7 nitrogen and oxygen atoms in total. The van der Waals surface area contributed by atoms with Crippen molar-refractivity contribution in [1.82, 2.24) is 14.5 Å². The summed E-state index contributed by atoms with van der Waals surface area (Å²) in [5, 5.41) is 7.02. The van der Waals surface area contributed by atoms with Gasteiger partial charge in [-0.3, -0.25) is 9.48 Å². The third-order valence-electron chi connectivity index (χ3n) is 4.34. The standard InChI is InChI=1S/C16H20N4O3S/c1-10-14(11(2)20(3)19-10)6-7-17-24(22,23)13-4-5-15-12(8-13)9-16(21)18-15/h4-5,8,17H,6-7,9H2,1-3H3,(H,18,21). The predicted molar refractivity (Wildman–Crippen MR) is 90.4 cm³/mol. The van der Waals surface area contributed by atoms with Gasteiger partial charge in [0, 0.05) is 25.0 Å². The van der Waals surface area contributed by atoms with E-state index in [1.807, 2.05) is 20.9 Å². The predicted octanol–water partition coefficient (Wildman–Crippen LogP) is 1.05. The lowest BCUT2D eigenvalue weighted by molar-refractivity contribution is -0.115. The number of rotatable bonds is 5. The molecule has 0 unspecified atom stereocenters. The van der Waals surface area contributed by atoms with Crippen molar-refractivity contribution in [3.63, 3.8) is 0 Å². The molecule has 0 saturated carbocycles. The molecule has 0 atom stereocenters. The Morgan fingerprint density at radius 1 is 1.33 bits per heavy atom. The van der Waals surface area contributed by atoms with E-state index in [0.29, 0.717) is 24.2 Å². The molecule has 0 fully saturated rings. The maximum atomic E-state index is 12.4. The third kappa shape index (κ3) is 3.07. The molecule has 1 aliphatic rings. The Morgan fingerprint density at radius 3 is 2.75 bits per heavy atom. The molecule has 0 saturated heterocycles. The van der Waals surface area contributed by atoms with Crippen LogP contribution in [0.3, 0.4) is 0 Å². The maximum Gasteiger partial charge on any atom is 0.240 e. The molecule has 0 radical (unpaired) electrons. The van der Waals surface area contributed by atoms with Crippen molar-refractivity contribution in [2.75, 3.05) is 11.9 Å². The van der Waals surface area contributed by atoms with Gasteiger partial charge in [-0.25, -0.2) is 13.1 Å². The Labute approximate surface area is 141 Å². The van der Waals surface area contributed by atoms with Crippen molar-refractivity contribution in [1.29, 1.82) is 0 Å². The number of hydrogen-bond donors (Lipinski definition) is 2. The van der Waals surface area contributed by atoms with E-state index < -0.39 is 10.0 Å². The van der Waals surface area contributed by atoms with Crippen molar-refractivity contribution in [2.45, 2.75) is 31.6 Å². The molecule has 3 rings (SSSR count). The van der Waals surface area contributed by atoms with Gasteiger partial charge in [0.1, 0.15) is 0 Å². The quantitative estimate of drug-likeness (QED) is 0.845. The Morgan fingerprint density at radius 2 is 2.08 bits per heavy atom. The van der Waals surface area contributed by atoms with Crippen LogP contribution < -0.4 is 10.0 Å². The number of aryl methyl sites for hydroxylation is 2. The van der Waals surface area contributed by atoms with Crippen LogP contribution in [-0.4, -0.2) is 30.7 Å². The highest BCUT2D eigenvalue weighted by Crippen LogP contribution is 2.25. The van der Waals surface area contributed by atoms with Gasteiger partial charge < -0.3 is 5.32 Å². The van der Waals surface area contributed by atoms with Gasteiger partial charge in [0.05, 0.1) is 17.0 Å². The van der Waals surface area contributed by atoms with E-state index in [-0.39, 0.29) is 17.2 Å². The highest BCUT2D eigenvalue weighted by molar-refractivity contribution is 7.89. The van der Waals surface area contributed by atoms with Gasteiger partial charge in [0.25, 0.3) is 0 Å². The van der Waals surface area contributed by atoms with Crippen LogP contribution in [0.1, 0.15) is 22.5 Å². The average molecular weight is 348 g/mol. The molecule has 24 heavy (non-hydrogen) atoms. The van der Waals surface area contributed by atoms with Crippen molar-refractivity contribution in [2.24, 2.45) is 7.05 Å². The molecule has 1 aromatic heterocycles. The zero-order valence-electron chi connectivity index (χ0n) is 13.9. The van der Waals surface area contributed by atoms with E-state index in [2.05, 4.69) is 15.1 Å². The summed E-state index contributed by atoms with van der Waals surface area (Å²) < 4.78 is 29.3. The monoisotopic (exact) mass is 348 g/mol. The molecular weight excluding hydrogens is 328 g/mol. The number of carbonyl (C=O) groups is 1. The van der Waals surface area contributed by atoms with Crippen LogP contribution >= 0.6 is 0 Å². The molecule has 128 valence electrons. The fourth-order valence-electron chi connectivity index (χ4n) is 2.95. The summed E-state index contributed by atoms with van der Waals surface area (Å²) in [5.74, 6) is -0.116. The number of benzene rings is 1. The molecule has 0 aliphatic carbocycles. The first-order chi connectivity index (χ1) is 11.3. The number of amides is 1. The minimum absolute atomic E-state index is 0.116. The topological polar surface area (TPSA) is 93.1 Å². The number of nitrogens with one attached hydrogen (secondary N) is 2. The second-order valence-corrected chi connectivity index (χ2v) is 7.73. The van der Waals surface area contributed by atoms with E-state index >= 15 is 0 Å². The van der Waals surface area contributed by atoms with Gasteiger partial charge in [-0.1, -0.05) is 0 Å². The van der Waals surface area contributed by atoms with Crippen LogP contribution in [0, 0.1) is 13.8 Å². The molecule has 8 heteroatoms. The second-order valence-electron chi connectivity index (χ2n) is 5.96. The number of sulfonamides is 1. The minimum Gasteiger partial charge on any atom is -0.326 e. The number of aromatic nitrogens is 2. The summed E-state index contributed by atoms with van der Waals surface area (Å²) in [6.45, 7) is 4.18. The number of carbonyl (C=O) groups excluding carboxylic acids is 1. The smallest absolute Gasteiger partial charge is 0.240 e. The van der Waals surface area contributed by atoms with E-state index in [1.54, 1.807) is 16.8 Å². The van der Waals surface area contributed by atoms with Crippen molar-refractivity contribution in [3.05, 3.63) is 40.7 Å². The number of nitrogens with zero attached hydrogens (tertiary/aromatic N) is 2. The summed E-state index contributed by atoms with van der Waals surface area (Å²) in [5.41, 5.74) is 4.40. The van der Waals surface area contributed by atoms with Crippen molar-refractivity contribution >= 4 is 21.6 Å². The molecule has 0 spiro atoms. The minimum atomic E-state index is -3.60. The number of hydrogen-bond acceptors (Lipinski definition) is 4. The summed E-state index contributed by atoms with van der Waals surface area (Å²) in [7, 11) is -1.73. The zero-order chi connectivity index (χ0) is 17.5. The maximum absolute atomic E-state index is 12.4. The molecular formula is C16H20N4O3S. The highest BCUT2D eigenvalue weighted by Gasteiger charge is 2.21. The van der Waals surface area contributed by atoms with Crippen molar-refractivity contribution < 1.29 is 13.2 Å². The van der Waals surface area contributed by atoms with E-state index in [4.69, 9.17) is 0 Å². The van der Waals surface area contributed by atoms with Gasteiger partial charge >= 0.3 is 0 Å². The normalized spacial score (nSPS) is 13.9. The first kappa shape index (κ1) is 16.7. The van der Waals surface area contributed by atoms with E-state index in [0.717, 1.165) is 17.0 Å². The molecule has 2 aromatic rings. The lowest BCUT2D eigenvalue weighted by Gasteiger charge is -2.08. The van der Waals surface area contributed by atoms with Gasteiger partial charge in [-0.2, -0.15) is 5.10 Å². The Kier molecular flexibility index (Phi) is 4.18. The lowest BCUT2D eigenvalue weighted by atomic mass is 10.1. The highest BCUT2D eigenvalue weighted by atomic mass is 32.2. The van der Waals surface area contributed by atoms with Gasteiger partial charge in [0.15, 0.2) is 0 Å². The molecule has 2 heterocycles. The lowest BCUT2D eigenvalue weighted by Crippen LogP contribution is -2.26. The summed E-state index contributed by atoms with van der Waals surface area (Å²) in [6.07, 6.45) is 0.794. The summed E-state index contributed by atoms with van der Waals surface area (Å²) in [4.78, 5) is 11.5. The number of fused-ring (bicyclic) bond motifs is 1. The summed E-state index contributed by atoms with van der Waals surface area (Å²) >= 11 is 0. The van der Waals surface area contributed by atoms with Crippen molar-refractivity contribution in [3.8, 4) is 0 Å². The van der Waals surface area contributed by atoms with Gasteiger partial charge in [0.2, 0.25) is 15.9 Å². The molecule has 1 amide bonds. The molecule has 1 aliphatic heterocycles. The van der Waals surface area contributed by atoms with E-state index in [1.165, 1.54) is 6.07 Å². The first-order valence-electron chi connectivity index (χ1n) is 7.69. The Hall–Kier alpha value is -2.19. The first-order valence-corrected chi connectivity index (χ1v) is 9.18. The van der Waals surface area contributed by atoms with Crippen LogP contribution in [0.15, 0.2) is 23.1 Å². The Balaban J connectivity index is 1.71. The van der Waals surface area contributed by atoms with Gasteiger partial charge in [-0.05, 0) is 49.6 Å². The molecule has 0 bridgehead atoms. The van der Waals surface area contributed by atoms with E-state index in [9.17, 15) is 13.2 Å². The van der Waals surface area contributed by atoms with Crippen LogP contribution in [0.5, 0.6) is 0 Å². The largest absolute Gasteiger partial charge is 0.326 e. The fourth-order valence-corrected chi connectivity index (χ4v) is 4.03.